The molecular formula is C15H12N2O3. The average molecular weight is 268 g/mol. The van der Waals surface area contributed by atoms with Gasteiger partial charge in [-0.25, -0.2) is 0 Å². The van der Waals surface area contributed by atoms with Crippen LogP contribution < -0.4 is 4.74 Å². The summed E-state index contributed by atoms with van der Waals surface area (Å²) in [6.45, 7) is 0. The molecule has 0 spiro atoms. The van der Waals surface area contributed by atoms with Crippen LogP contribution in [-0.2, 0) is 0 Å². The molecule has 5 heteroatoms. The summed E-state index contributed by atoms with van der Waals surface area (Å²) in [5.41, 5.74) is 1.48. The summed E-state index contributed by atoms with van der Waals surface area (Å²) in [6, 6.07) is 14.1. The van der Waals surface area contributed by atoms with E-state index in [0.29, 0.717) is 17.3 Å². The van der Waals surface area contributed by atoms with E-state index in [0.717, 1.165) is 11.3 Å². The Bertz CT molecular complexity index is 737. The van der Waals surface area contributed by atoms with Gasteiger partial charge in [0, 0.05) is 11.1 Å². The number of phenolic OH excluding ortho intramolecular Hbond substituents is 1. The first-order valence-electron chi connectivity index (χ1n) is 6.04. The third kappa shape index (κ3) is 2.33. The topological polar surface area (TPSA) is 68.4 Å². The number of ether oxygens (including phenoxy) is 1. The summed E-state index contributed by atoms with van der Waals surface area (Å²) < 4.78 is 10.4. The molecule has 0 amide bonds. The van der Waals surface area contributed by atoms with Crippen molar-refractivity contribution in [2.75, 3.05) is 7.11 Å². The monoisotopic (exact) mass is 268 g/mol. The Hall–Kier alpha value is -2.82. The number of hydrogen-bond donors (Lipinski definition) is 1. The van der Waals surface area contributed by atoms with Crippen LogP contribution in [0.25, 0.3) is 22.8 Å². The Morgan fingerprint density at radius 3 is 2.65 bits per heavy atom. The molecule has 0 fully saturated rings. The first kappa shape index (κ1) is 12.2. The van der Waals surface area contributed by atoms with E-state index >= 15 is 0 Å². The van der Waals surface area contributed by atoms with E-state index in [2.05, 4.69) is 10.1 Å². The lowest BCUT2D eigenvalue weighted by Crippen LogP contribution is -1.84. The van der Waals surface area contributed by atoms with Gasteiger partial charge in [-0.05, 0) is 30.3 Å². The largest absolute Gasteiger partial charge is 0.508 e. The van der Waals surface area contributed by atoms with Crippen LogP contribution >= 0.6 is 0 Å². The molecule has 2 aromatic carbocycles. The molecule has 0 aliphatic carbocycles. The molecule has 0 saturated heterocycles. The summed E-state index contributed by atoms with van der Waals surface area (Å²) in [5.74, 6) is 1.72. The molecule has 1 aromatic heterocycles. The van der Waals surface area contributed by atoms with Gasteiger partial charge in [-0.3, -0.25) is 0 Å². The number of benzene rings is 2. The molecule has 1 heterocycles. The summed E-state index contributed by atoms with van der Waals surface area (Å²) in [7, 11) is 1.60. The van der Waals surface area contributed by atoms with Crippen molar-refractivity contribution in [2.24, 2.45) is 0 Å². The van der Waals surface area contributed by atoms with Crippen molar-refractivity contribution in [3.05, 3.63) is 48.5 Å². The second-order valence-electron chi connectivity index (χ2n) is 4.21. The minimum absolute atomic E-state index is 0.162. The second kappa shape index (κ2) is 5.05. The Kier molecular flexibility index (Phi) is 3.09. The number of methoxy groups -OCH3 is 1. The highest BCUT2D eigenvalue weighted by molar-refractivity contribution is 5.61. The molecule has 0 aliphatic heterocycles. The quantitative estimate of drug-likeness (QED) is 0.790. The molecular weight excluding hydrogens is 256 g/mol. The molecule has 1 N–H and O–H groups in total. The summed E-state index contributed by atoms with van der Waals surface area (Å²) in [5, 5.41) is 13.4. The van der Waals surface area contributed by atoms with Gasteiger partial charge >= 0.3 is 0 Å². The lowest BCUT2D eigenvalue weighted by atomic mass is 10.2. The van der Waals surface area contributed by atoms with Crippen LogP contribution in [0, 0.1) is 0 Å². The standard InChI is InChI=1S/C15H12N2O3/c1-19-13-7-3-5-11(9-13)15-16-14(17-20-15)10-4-2-6-12(18)8-10/h2-9,18H,1H3. The van der Waals surface area contributed by atoms with Crippen LogP contribution in [0.15, 0.2) is 53.1 Å². The number of rotatable bonds is 3. The van der Waals surface area contributed by atoms with Crippen LogP contribution in [0.1, 0.15) is 0 Å². The van der Waals surface area contributed by atoms with Gasteiger partial charge < -0.3 is 14.4 Å². The number of aromatic nitrogens is 2. The second-order valence-corrected chi connectivity index (χ2v) is 4.21. The average Bonchev–Trinajstić information content (AvgIpc) is 2.97. The van der Waals surface area contributed by atoms with Gasteiger partial charge in [0.2, 0.25) is 5.82 Å². The molecule has 3 aromatic rings. The van der Waals surface area contributed by atoms with E-state index in [9.17, 15) is 5.11 Å². The molecule has 0 bridgehead atoms. The van der Waals surface area contributed by atoms with Crippen LogP contribution in [-0.4, -0.2) is 22.4 Å². The van der Waals surface area contributed by atoms with Crippen molar-refractivity contribution < 1.29 is 14.4 Å². The normalized spacial score (nSPS) is 10.4. The molecule has 0 unspecified atom stereocenters. The summed E-state index contributed by atoms with van der Waals surface area (Å²) in [4.78, 5) is 4.32. The van der Waals surface area contributed by atoms with Crippen molar-refractivity contribution in [3.63, 3.8) is 0 Å². The molecule has 100 valence electrons. The number of hydrogen-bond acceptors (Lipinski definition) is 5. The number of phenols is 1. The van der Waals surface area contributed by atoms with E-state index in [4.69, 9.17) is 9.26 Å². The molecule has 0 atom stereocenters. The van der Waals surface area contributed by atoms with Crippen molar-refractivity contribution in [1.29, 1.82) is 0 Å². The van der Waals surface area contributed by atoms with Crippen LogP contribution in [0.4, 0.5) is 0 Å². The zero-order chi connectivity index (χ0) is 13.9. The van der Waals surface area contributed by atoms with Gasteiger partial charge in [-0.2, -0.15) is 4.98 Å². The molecule has 0 saturated carbocycles. The fraction of sp³-hybridized carbons (Fsp3) is 0.0667. The minimum atomic E-state index is 0.162. The highest BCUT2D eigenvalue weighted by Crippen LogP contribution is 2.26. The smallest absolute Gasteiger partial charge is 0.258 e. The van der Waals surface area contributed by atoms with Gasteiger partial charge in [0.1, 0.15) is 11.5 Å². The molecule has 5 nitrogen and oxygen atoms in total. The summed E-state index contributed by atoms with van der Waals surface area (Å²) >= 11 is 0. The maximum atomic E-state index is 9.46. The van der Waals surface area contributed by atoms with Gasteiger partial charge in [0.05, 0.1) is 7.11 Å². The maximum absolute atomic E-state index is 9.46. The van der Waals surface area contributed by atoms with E-state index in [1.807, 2.05) is 24.3 Å². The van der Waals surface area contributed by atoms with Crippen LogP contribution in [0.5, 0.6) is 11.5 Å². The van der Waals surface area contributed by atoms with E-state index in [-0.39, 0.29) is 5.75 Å². The van der Waals surface area contributed by atoms with Gasteiger partial charge in [0.15, 0.2) is 0 Å². The Labute approximate surface area is 115 Å². The lowest BCUT2D eigenvalue weighted by Gasteiger charge is -1.99. The third-order valence-corrected chi connectivity index (χ3v) is 2.85. The maximum Gasteiger partial charge on any atom is 0.258 e. The van der Waals surface area contributed by atoms with Crippen molar-refractivity contribution in [2.45, 2.75) is 0 Å². The minimum Gasteiger partial charge on any atom is -0.508 e. The number of nitrogens with zero attached hydrogens (tertiary/aromatic N) is 2. The highest BCUT2D eigenvalue weighted by atomic mass is 16.5. The lowest BCUT2D eigenvalue weighted by molar-refractivity contribution is 0.413. The van der Waals surface area contributed by atoms with Gasteiger partial charge in [0.25, 0.3) is 5.89 Å². The number of aromatic hydroxyl groups is 1. The zero-order valence-electron chi connectivity index (χ0n) is 10.8. The molecule has 3 rings (SSSR count). The first-order valence-corrected chi connectivity index (χ1v) is 6.04. The molecule has 0 radical (unpaired) electrons. The zero-order valence-corrected chi connectivity index (χ0v) is 10.8. The van der Waals surface area contributed by atoms with Crippen molar-refractivity contribution >= 4 is 0 Å². The van der Waals surface area contributed by atoms with Crippen LogP contribution in [0.2, 0.25) is 0 Å². The van der Waals surface area contributed by atoms with E-state index < -0.39 is 0 Å². The fourth-order valence-electron chi connectivity index (χ4n) is 1.86. The van der Waals surface area contributed by atoms with Gasteiger partial charge in [-0.1, -0.05) is 23.4 Å². The van der Waals surface area contributed by atoms with Crippen molar-refractivity contribution in [1.82, 2.24) is 10.1 Å². The third-order valence-electron chi connectivity index (χ3n) is 2.85. The predicted molar refractivity (Wildman–Crippen MR) is 73.4 cm³/mol. The first-order chi connectivity index (χ1) is 9.76. The summed E-state index contributed by atoms with van der Waals surface area (Å²) in [6.07, 6.45) is 0. The van der Waals surface area contributed by atoms with Crippen LogP contribution in [0.3, 0.4) is 0 Å². The molecule has 20 heavy (non-hydrogen) atoms. The Balaban J connectivity index is 1.97. The van der Waals surface area contributed by atoms with Gasteiger partial charge in [-0.15, -0.1) is 0 Å². The molecule has 0 aliphatic rings. The highest BCUT2D eigenvalue weighted by Gasteiger charge is 2.11. The Morgan fingerprint density at radius 1 is 1.05 bits per heavy atom. The SMILES string of the molecule is COc1cccc(-c2nc(-c3cccc(O)c3)no2)c1. The Morgan fingerprint density at radius 2 is 1.85 bits per heavy atom. The predicted octanol–water partition coefficient (Wildman–Crippen LogP) is 3.12. The van der Waals surface area contributed by atoms with E-state index in [1.54, 1.807) is 31.4 Å². The fourth-order valence-corrected chi connectivity index (χ4v) is 1.86. The van der Waals surface area contributed by atoms with E-state index in [1.165, 1.54) is 0 Å². The van der Waals surface area contributed by atoms with Crippen molar-refractivity contribution in [3.8, 4) is 34.3 Å².